The second-order valence-corrected chi connectivity index (χ2v) is 3.92. The van der Waals surface area contributed by atoms with Crippen LogP contribution in [0, 0.1) is 5.92 Å². The van der Waals surface area contributed by atoms with Crippen molar-refractivity contribution in [2.75, 3.05) is 0 Å². The number of furan rings is 1. The van der Waals surface area contributed by atoms with Gasteiger partial charge in [0.2, 0.25) is 0 Å². The standard InChI is InChI=1S/C12H16O2/c13-11(12-7-4-8-14-12)9-10-5-2-1-3-6-10/h1-2,4,7-8,10-11,13H,3,5-6,9H2. The summed E-state index contributed by atoms with van der Waals surface area (Å²) in [7, 11) is 0. The van der Waals surface area contributed by atoms with Gasteiger partial charge in [-0.1, -0.05) is 12.2 Å². The van der Waals surface area contributed by atoms with Crippen molar-refractivity contribution in [2.45, 2.75) is 31.8 Å². The van der Waals surface area contributed by atoms with E-state index >= 15 is 0 Å². The minimum absolute atomic E-state index is 0.429. The molecule has 0 radical (unpaired) electrons. The average molecular weight is 192 g/mol. The summed E-state index contributed by atoms with van der Waals surface area (Å²) in [6.45, 7) is 0. The minimum atomic E-state index is -0.429. The van der Waals surface area contributed by atoms with Crippen molar-refractivity contribution < 1.29 is 9.52 Å². The molecule has 1 N–H and O–H groups in total. The van der Waals surface area contributed by atoms with Crippen molar-refractivity contribution in [3.8, 4) is 0 Å². The summed E-state index contributed by atoms with van der Waals surface area (Å²) in [5, 5.41) is 9.84. The Hall–Kier alpha value is -1.02. The number of hydrogen-bond acceptors (Lipinski definition) is 2. The van der Waals surface area contributed by atoms with Gasteiger partial charge >= 0.3 is 0 Å². The smallest absolute Gasteiger partial charge is 0.132 e. The Morgan fingerprint density at radius 2 is 2.43 bits per heavy atom. The van der Waals surface area contributed by atoms with E-state index in [9.17, 15) is 5.11 Å². The first-order valence-electron chi connectivity index (χ1n) is 5.22. The van der Waals surface area contributed by atoms with Gasteiger partial charge < -0.3 is 9.52 Å². The highest BCUT2D eigenvalue weighted by Gasteiger charge is 2.17. The predicted octanol–water partition coefficient (Wildman–Crippen LogP) is 3.06. The Morgan fingerprint density at radius 3 is 3.07 bits per heavy atom. The van der Waals surface area contributed by atoms with E-state index < -0.39 is 6.10 Å². The van der Waals surface area contributed by atoms with E-state index in [1.54, 1.807) is 6.26 Å². The van der Waals surface area contributed by atoms with Crippen LogP contribution in [0.5, 0.6) is 0 Å². The Balaban J connectivity index is 1.88. The zero-order valence-electron chi connectivity index (χ0n) is 8.23. The molecule has 0 fully saturated rings. The largest absolute Gasteiger partial charge is 0.467 e. The first kappa shape index (κ1) is 9.53. The SMILES string of the molecule is OC(CC1CC=CCC1)c1ccco1. The summed E-state index contributed by atoms with van der Waals surface area (Å²) in [4.78, 5) is 0. The summed E-state index contributed by atoms with van der Waals surface area (Å²) in [6.07, 6.45) is 9.86. The number of aliphatic hydroxyl groups is 1. The highest BCUT2D eigenvalue weighted by Crippen LogP contribution is 2.28. The van der Waals surface area contributed by atoms with Crippen LogP contribution in [0.3, 0.4) is 0 Å². The molecular weight excluding hydrogens is 176 g/mol. The van der Waals surface area contributed by atoms with Crippen LogP contribution in [0.25, 0.3) is 0 Å². The van der Waals surface area contributed by atoms with Crippen LogP contribution in [0.15, 0.2) is 35.0 Å². The van der Waals surface area contributed by atoms with Gasteiger partial charge in [-0.25, -0.2) is 0 Å². The Labute approximate surface area is 84.2 Å². The summed E-state index contributed by atoms with van der Waals surface area (Å²) >= 11 is 0. The molecule has 76 valence electrons. The highest BCUT2D eigenvalue weighted by molar-refractivity contribution is 5.02. The molecule has 0 saturated carbocycles. The third-order valence-electron chi connectivity index (χ3n) is 2.81. The average Bonchev–Trinajstić information content (AvgIpc) is 2.72. The van der Waals surface area contributed by atoms with Gasteiger partial charge in [-0.3, -0.25) is 0 Å². The van der Waals surface area contributed by atoms with Crippen LogP contribution in [0.4, 0.5) is 0 Å². The second-order valence-electron chi connectivity index (χ2n) is 3.92. The molecule has 0 aliphatic heterocycles. The van der Waals surface area contributed by atoms with Crippen LogP contribution < -0.4 is 0 Å². The lowest BCUT2D eigenvalue weighted by Crippen LogP contribution is -2.08. The lowest BCUT2D eigenvalue weighted by atomic mass is 9.89. The van der Waals surface area contributed by atoms with Crippen molar-refractivity contribution in [3.05, 3.63) is 36.3 Å². The number of allylic oxidation sites excluding steroid dienone is 2. The number of hydrogen-bond donors (Lipinski definition) is 1. The fourth-order valence-electron chi connectivity index (χ4n) is 1.98. The monoisotopic (exact) mass is 192 g/mol. The van der Waals surface area contributed by atoms with Gasteiger partial charge in [0.25, 0.3) is 0 Å². The van der Waals surface area contributed by atoms with E-state index in [2.05, 4.69) is 12.2 Å². The quantitative estimate of drug-likeness (QED) is 0.747. The van der Waals surface area contributed by atoms with E-state index in [4.69, 9.17) is 4.42 Å². The van der Waals surface area contributed by atoms with Crippen molar-refractivity contribution in [2.24, 2.45) is 5.92 Å². The predicted molar refractivity (Wildman–Crippen MR) is 54.8 cm³/mol. The second kappa shape index (κ2) is 4.47. The zero-order valence-corrected chi connectivity index (χ0v) is 8.23. The maximum absolute atomic E-state index is 9.84. The van der Waals surface area contributed by atoms with Gasteiger partial charge in [-0.15, -0.1) is 0 Å². The summed E-state index contributed by atoms with van der Waals surface area (Å²) < 4.78 is 5.17. The van der Waals surface area contributed by atoms with E-state index in [1.807, 2.05) is 12.1 Å². The molecule has 2 unspecified atom stereocenters. The van der Waals surface area contributed by atoms with E-state index in [0.717, 1.165) is 19.3 Å². The Morgan fingerprint density at radius 1 is 1.50 bits per heavy atom. The molecule has 0 saturated heterocycles. The normalized spacial score (nSPS) is 23.6. The molecule has 1 aromatic heterocycles. The Kier molecular flexibility index (Phi) is 3.04. The molecule has 2 atom stereocenters. The molecule has 0 aromatic carbocycles. The van der Waals surface area contributed by atoms with Crippen molar-refractivity contribution in [3.63, 3.8) is 0 Å². The van der Waals surface area contributed by atoms with Crippen LogP contribution in [-0.2, 0) is 0 Å². The van der Waals surface area contributed by atoms with Gasteiger partial charge in [0.1, 0.15) is 11.9 Å². The lowest BCUT2D eigenvalue weighted by Gasteiger charge is -2.19. The molecule has 1 aromatic rings. The summed E-state index contributed by atoms with van der Waals surface area (Å²) in [5.74, 6) is 1.31. The maximum atomic E-state index is 9.84. The molecule has 2 nitrogen and oxygen atoms in total. The van der Waals surface area contributed by atoms with Gasteiger partial charge in [-0.2, -0.15) is 0 Å². The first-order valence-corrected chi connectivity index (χ1v) is 5.22. The molecule has 1 heterocycles. The van der Waals surface area contributed by atoms with E-state index in [-0.39, 0.29) is 0 Å². The maximum Gasteiger partial charge on any atom is 0.132 e. The topological polar surface area (TPSA) is 33.4 Å². The summed E-state index contributed by atoms with van der Waals surface area (Å²) in [6, 6.07) is 3.66. The van der Waals surface area contributed by atoms with Gasteiger partial charge in [0.15, 0.2) is 0 Å². The molecule has 1 aliphatic rings. The third kappa shape index (κ3) is 2.26. The van der Waals surface area contributed by atoms with Crippen molar-refractivity contribution in [1.29, 1.82) is 0 Å². The zero-order chi connectivity index (χ0) is 9.80. The summed E-state index contributed by atoms with van der Waals surface area (Å²) in [5.41, 5.74) is 0. The van der Waals surface area contributed by atoms with Crippen LogP contribution in [0.2, 0.25) is 0 Å². The fourth-order valence-corrected chi connectivity index (χ4v) is 1.98. The molecule has 0 spiro atoms. The highest BCUT2D eigenvalue weighted by atomic mass is 16.4. The number of rotatable bonds is 3. The van der Waals surface area contributed by atoms with E-state index in [1.165, 1.54) is 6.42 Å². The van der Waals surface area contributed by atoms with Gasteiger partial charge in [-0.05, 0) is 43.7 Å². The minimum Gasteiger partial charge on any atom is -0.467 e. The molecule has 0 bridgehead atoms. The molecule has 1 aliphatic carbocycles. The van der Waals surface area contributed by atoms with Crippen molar-refractivity contribution >= 4 is 0 Å². The fraction of sp³-hybridized carbons (Fsp3) is 0.500. The van der Waals surface area contributed by atoms with E-state index in [0.29, 0.717) is 11.7 Å². The van der Waals surface area contributed by atoms with Crippen molar-refractivity contribution in [1.82, 2.24) is 0 Å². The molecule has 14 heavy (non-hydrogen) atoms. The van der Waals surface area contributed by atoms with Crippen LogP contribution in [0.1, 0.15) is 37.5 Å². The molecular formula is C12H16O2. The molecule has 0 amide bonds. The number of aliphatic hydroxyl groups excluding tert-OH is 1. The third-order valence-corrected chi connectivity index (χ3v) is 2.81. The van der Waals surface area contributed by atoms with Crippen LogP contribution in [-0.4, -0.2) is 5.11 Å². The van der Waals surface area contributed by atoms with Gasteiger partial charge in [0.05, 0.1) is 6.26 Å². The molecule has 2 heteroatoms. The lowest BCUT2D eigenvalue weighted by molar-refractivity contribution is 0.117. The van der Waals surface area contributed by atoms with Gasteiger partial charge in [0, 0.05) is 0 Å². The first-order chi connectivity index (χ1) is 6.86. The van der Waals surface area contributed by atoms with Crippen LogP contribution >= 0.6 is 0 Å². The molecule has 2 rings (SSSR count). The Bertz CT molecular complexity index is 287.